The number of thiazole rings is 1. The average molecular weight is 450 g/mol. The van der Waals surface area contributed by atoms with Crippen LogP contribution in [0, 0.1) is 0 Å². The van der Waals surface area contributed by atoms with Crippen molar-refractivity contribution in [3.05, 3.63) is 53.2 Å². The Morgan fingerprint density at radius 3 is 2.81 bits per heavy atom. The summed E-state index contributed by atoms with van der Waals surface area (Å²) in [6.07, 6.45) is -4.06. The normalized spacial score (nSPS) is 11.6. The van der Waals surface area contributed by atoms with Gasteiger partial charge in [-0.3, -0.25) is 14.8 Å². The minimum Gasteiger partial charge on any atom is -0.454 e. The summed E-state index contributed by atoms with van der Waals surface area (Å²) in [6, 6.07) is 9.22. The van der Waals surface area contributed by atoms with E-state index in [4.69, 9.17) is 9.15 Å². The third-order valence-electron chi connectivity index (χ3n) is 4.19. The molecule has 0 atom stereocenters. The van der Waals surface area contributed by atoms with Crippen molar-refractivity contribution in [1.29, 1.82) is 0 Å². The van der Waals surface area contributed by atoms with E-state index in [2.05, 4.69) is 15.4 Å². The fourth-order valence-corrected chi connectivity index (χ4v) is 3.56. The van der Waals surface area contributed by atoms with Crippen molar-refractivity contribution in [3.63, 3.8) is 0 Å². The summed E-state index contributed by atoms with van der Waals surface area (Å²) < 4.78 is 50.0. The summed E-state index contributed by atoms with van der Waals surface area (Å²) in [5.41, 5.74) is -0.840. The minimum absolute atomic E-state index is 0.217. The Morgan fingerprint density at radius 1 is 1.29 bits per heavy atom. The van der Waals surface area contributed by atoms with Gasteiger partial charge >= 0.3 is 12.1 Å². The van der Waals surface area contributed by atoms with E-state index in [9.17, 15) is 22.8 Å². The van der Waals surface area contributed by atoms with Gasteiger partial charge in [0.2, 0.25) is 0 Å². The molecule has 0 unspecified atom stereocenters. The second kappa shape index (κ2) is 7.87. The van der Waals surface area contributed by atoms with Gasteiger partial charge in [0.1, 0.15) is 16.8 Å². The van der Waals surface area contributed by atoms with E-state index in [1.165, 1.54) is 0 Å². The van der Waals surface area contributed by atoms with Gasteiger partial charge in [-0.05, 0) is 12.1 Å². The number of carbonyl (C=O) groups is 2. The first-order valence-corrected chi connectivity index (χ1v) is 9.61. The van der Waals surface area contributed by atoms with Crippen LogP contribution in [0.1, 0.15) is 16.1 Å². The molecule has 1 aromatic carbocycles. The third-order valence-corrected chi connectivity index (χ3v) is 4.95. The molecule has 3 aromatic heterocycles. The first-order chi connectivity index (χ1) is 14.7. The number of benzene rings is 1. The molecule has 0 saturated carbocycles. The Hall–Kier alpha value is -3.67. The second-order valence-corrected chi connectivity index (χ2v) is 7.20. The topological polar surface area (TPSA) is 99.2 Å². The number of hydrogen-bond donors (Lipinski definition) is 1. The lowest BCUT2D eigenvalue weighted by Crippen LogP contribution is -2.22. The second-order valence-electron chi connectivity index (χ2n) is 6.34. The number of alkyl halides is 3. The molecule has 0 radical (unpaired) electrons. The summed E-state index contributed by atoms with van der Waals surface area (Å²) in [6.45, 7) is -0.787. The van der Waals surface area contributed by atoms with Crippen LogP contribution < -0.4 is 5.32 Å². The van der Waals surface area contributed by atoms with Crippen LogP contribution in [-0.2, 0) is 22.8 Å². The summed E-state index contributed by atoms with van der Waals surface area (Å²) >= 11 is 1.12. The maximum Gasteiger partial charge on any atom is 0.433 e. The minimum atomic E-state index is -4.80. The van der Waals surface area contributed by atoms with Crippen molar-refractivity contribution in [2.45, 2.75) is 6.18 Å². The van der Waals surface area contributed by atoms with Gasteiger partial charge in [-0.1, -0.05) is 18.2 Å². The van der Waals surface area contributed by atoms with Crippen molar-refractivity contribution in [3.8, 4) is 11.5 Å². The Morgan fingerprint density at radius 2 is 2.06 bits per heavy atom. The number of furan rings is 1. The molecule has 31 heavy (non-hydrogen) atoms. The molecule has 0 aliphatic heterocycles. The van der Waals surface area contributed by atoms with Crippen molar-refractivity contribution in [2.24, 2.45) is 7.05 Å². The predicted molar refractivity (Wildman–Crippen MR) is 104 cm³/mol. The first-order valence-electron chi connectivity index (χ1n) is 8.73. The van der Waals surface area contributed by atoms with Gasteiger partial charge in [0, 0.05) is 17.8 Å². The number of halogens is 3. The molecule has 0 aliphatic rings. The van der Waals surface area contributed by atoms with E-state index in [0.29, 0.717) is 21.7 Å². The van der Waals surface area contributed by atoms with Crippen LogP contribution in [0.15, 0.2) is 46.3 Å². The zero-order valence-electron chi connectivity index (χ0n) is 15.8. The standard InChI is InChI=1S/C19H13F3N4O4S/c1-26-16(19(20,21)22)11(7-23-26)17(28)29-8-15(27)25-18-24-12(9-31-18)14-6-10-4-2-3-5-13(10)30-14/h2-7,9H,8H2,1H3,(H,24,25,27). The van der Waals surface area contributed by atoms with Gasteiger partial charge in [0.25, 0.3) is 5.91 Å². The number of ether oxygens (including phenoxy) is 1. The molecule has 4 rings (SSSR count). The molecular formula is C19H13F3N4O4S. The number of anilines is 1. The van der Waals surface area contributed by atoms with Gasteiger partial charge in [-0.25, -0.2) is 9.78 Å². The fraction of sp³-hybridized carbons (Fsp3) is 0.158. The molecule has 0 aliphatic carbocycles. The number of fused-ring (bicyclic) bond motifs is 1. The van der Waals surface area contributed by atoms with Crippen LogP contribution >= 0.6 is 11.3 Å². The predicted octanol–water partition coefficient (Wildman–Crippen LogP) is 4.10. The Labute approximate surface area is 176 Å². The summed E-state index contributed by atoms with van der Waals surface area (Å²) in [4.78, 5) is 28.3. The number of carbonyl (C=O) groups excluding carboxylic acids is 2. The first kappa shape index (κ1) is 20.6. The van der Waals surface area contributed by atoms with E-state index in [1.807, 2.05) is 30.3 Å². The SMILES string of the molecule is Cn1ncc(C(=O)OCC(=O)Nc2nc(-c3cc4ccccc4o3)cs2)c1C(F)(F)F. The average Bonchev–Trinajstić information content (AvgIpc) is 3.42. The van der Waals surface area contributed by atoms with Gasteiger partial charge < -0.3 is 9.15 Å². The van der Waals surface area contributed by atoms with Crippen LogP contribution in [0.4, 0.5) is 18.3 Å². The van der Waals surface area contributed by atoms with E-state index in [0.717, 1.165) is 30.0 Å². The number of aromatic nitrogens is 3. The molecule has 8 nitrogen and oxygen atoms in total. The van der Waals surface area contributed by atoms with Gasteiger partial charge in [-0.15, -0.1) is 11.3 Å². The van der Waals surface area contributed by atoms with Crippen molar-refractivity contribution in [2.75, 3.05) is 11.9 Å². The van der Waals surface area contributed by atoms with Crippen LogP contribution in [0.25, 0.3) is 22.4 Å². The number of amides is 1. The monoisotopic (exact) mass is 450 g/mol. The summed E-state index contributed by atoms with van der Waals surface area (Å²) in [5, 5.41) is 8.64. The number of para-hydroxylation sites is 1. The molecule has 1 N–H and O–H groups in total. The maximum absolute atomic E-state index is 13.0. The molecule has 3 heterocycles. The van der Waals surface area contributed by atoms with Crippen LogP contribution in [0.3, 0.4) is 0 Å². The molecule has 0 spiro atoms. The van der Waals surface area contributed by atoms with Crippen LogP contribution in [0.2, 0.25) is 0 Å². The number of rotatable bonds is 5. The summed E-state index contributed by atoms with van der Waals surface area (Å²) in [7, 11) is 1.05. The Kier molecular flexibility index (Phi) is 5.23. The lowest BCUT2D eigenvalue weighted by atomic mass is 10.2. The molecule has 0 saturated heterocycles. The van der Waals surface area contributed by atoms with Crippen LogP contribution in [0.5, 0.6) is 0 Å². The molecule has 0 fully saturated rings. The zero-order valence-corrected chi connectivity index (χ0v) is 16.6. The van der Waals surface area contributed by atoms with Gasteiger partial charge in [0.15, 0.2) is 23.2 Å². The maximum atomic E-state index is 13.0. The Balaban J connectivity index is 1.38. The molecule has 4 aromatic rings. The van der Waals surface area contributed by atoms with Crippen molar-refractivity contribution in [1.82, 2.24) is 14.8 Å². The molecular weight excluding hydrogens is 437 g/mol. The zero-order chi connectivity index (χ0) is 22.2. The highest BCUT2D eigenvalue weighted by Gasteiger charge is 2.39. The summed E-state index contributed by atoms with van der Waals surface area (Å²) in [5.74, 6) is -1.55. The molecule has 160 valence electrons. The highest BCUT2D eigenvalue weighted by Crippen LogP contribution is 2.32. The highest BCUT2D eigenvalue weighted by molar-refractivity contribution is 7.14. The third kappa shape index (κ3) is 4.28. The largest absolute Gasteiger partial charge is 0.454 e. The van der Waals surface area contributed by atoms with Gasteiger partial charge in [0.05, 0.1) is 6.20 Å². The Bertz CT molecular complexity index is 1240. The lowest BCUT2D eigenvalue weighted by Gasteiger charge is -2.09. The fourth-order valence-electron chi connectivity index (χ4n) is 2.84. The van der Waals surface area contributed by atoms with Crippen LogP contribution in [-0.4, -0.2) is 33.2 Å². The molecule has 0 bridgehead atoms. The lowest BCUT2D eigenvalue weighted by molar-refractivity contribution is -0.144. The van der Waals surface area contributed by atoms with E-state index >= 15 is 0 Å². The van der Waals surface area contributed by atoms with Gasteiger partial charge in [-0.2, -0.15) is 18.3 Å². The number of nitrogens with one attached hydrogen (secondary N) is 1. The smallest absolute Gasteiger partial charge is 0.433 e. The van der Waals surface area contributed by atoms with E-state index < -0.39 is 35.9 Å². The molecule has 1 amide bonds. The number of esters is 1. The van der Waals surface area contributed by atoms with E-state index in [-0.39, 0.29) is 5.13 Å². The van der Waals surface area contributed by atoms with Crippen molar-refractivity contribution < 1.29 is 31.9 Å². The number of nitrogens with zero attached hydrogens (tertiary/aromatic N) is 3. The number of hydrogen-bond acceptors (Lipinski definition) is 7. The highest BCUT2D eigenvalue weighted by atomic mass is 32.1. The quantitative estimate of drug-likeness (QED) is 0.460. The van der Waals surface area contributed by atoms with E-state index in [1.54, 1.807) is 5.38 Å². The molecule has 12 heteroatoms. The van der Waals surface area contributed by atoms with Crippen molar-refractivity contribution >= 4 is 39.3 Å². The number of aryl methyl sites for hydroxylation is 1.